The van der Waals surface area contributed by atoms with E-state index >= 15 is 0 Å². The van der Waals surface area contributed by atoms with Crippen LogP contribution in [0.1, 0.15) is 71.3 Å². The lowest BCUT2D eigenvalue weighted by Crippen LogP contribution is -2.53. The topological polar surface area (TPSA) is 51.1 Å². The summed E-state index contributed by atoms with van der Waals surface area (Å²) in [5.74, 6) is 1.73. The molecule has 2 fully saturated rings. The van der Waals surface area contributed by atoms with E-state index in [9.17, 15) is 4.79 Å². The number of amides is 1. The highest BCUT2D eigenvalue weighted by atomic mass is 16.6. The van der Waals surface area contributed by atoms with E-state index in [1.165, 1.54) is 5.56 Å². The summed E-state index contributed by atoms with van der Waals surface area (Å²) in [5, 5.41) is 0. The van der Waals surface area contributed by atoms with Gasteiger partial charge in [-0.1, -0.05) is 39.0 Å². The predicted octanol–water partition coefficient (Wildman–Crippen LogP) is 5.56. The standard InChI is InChI=1S/C27H38N2O3/c1-7-15-26-17-27(29(10-4)25(26)30)23(28-24(32-27)19(8-2)9-3)16-22(18(26)5)20-11-13-21(31-6)14-12-20/h7,11-14,18-19,22,24H,1,8-10,15-17H2,2-6H3/t18-,22+,24-,26+,27+/m1/s1. The Morgan fingerprint density at radius 2 is 1.97 bits per heavy atom. The molecule has 0 unspecified atom stereocenters. The second kappa shape index (κ2) is 8.66. The van der Waals surface area contributed by atoms with Gasteiger partial charge in [0.2, 0.25) is 5.91 Å². The number of hydrogen-bond acceptors (Lipinski definition) is 4. The number of nitrogens with zero attached hydrogens (tertiary/aromatic N) is 2. The summed E-state index contributed by atoms with van der Waals surface area (Å²) in [6.07, 6.45) is 5.92. The van der Waals surface area contributed by atoms with E-state index in [0.717, 1.165) is 30.7 Å². The maximum absolute atomic E-state index is 14.0. The molecule has 4 rings (SSSR count). The lowest BCUT2D eigenvalue weighted by Gasteiger charge is -2.39. The highest BCUT2D eigenvalue weighted by Crippen LogP contribution is 2.60. The van der Waals surface area contributed by atoms with Crippen molar-refractivity contribution >= 4 is 11.6 Å². The zero-order valence-electron chi connectivity index (χ0n) is 20.3. The first-order chi connectivity index (χ1) is 15.4. The molecule has 1 amide bonds. The largest absolute Gasteiger partial charge is 0.497 e. The third kappa shape index (κ3) is 3.23. The third-order valence-electron chi connectivity index (χ3n) is 8.42. The van der Waals surface area contributed by atoms with Crippen LogP contribution in [0, 0.1) is 17.3 Å². The van der Waals surface area contributed by atoms with Crippen molar-refractivity contribution in [2.75, 3.05) is 13.7 Å². The van der Waals surface area contributed by atoms with Crippen molar-refractivity contribution in [2.45, 2.75) is 77.7 Å². The van der Waals surface area contributed by atoms with E-state index in [1.807, 2.05) is 23.1 Å². The number of methoxy groups -OCH3 is 1. The summed E-state index contributed by atoms with van der Waals surface area (Å²) in [6, 6.07) is 8.32. The Bertz CT molecular complexity index is 891. The molecule has 2 heterocycles. The average Bonchev–Trinajstić information content (AvgIpc) is 3.24. The molecule has 1 aliphatic carbocycles. The number of rotatable bonds is 8. The molecule has 5 atom stereocenters. The molecular weight excluding hydrogens is 400 g/mol. The molecule has 0 N–H and O–H groups in total. The van der Waals surface area contributed by atoms with Gasteiger partial charge in [0.15, 0.2) is 12.0 Å². The molecule has 3 aliphatic rings. The zero-order valence-corrected chi connectivity index (χ0v) is 20.3. The number of aliphatic imine (C=N–C) groups is 1. The highest BCUT2D eigenvalue weighted by Gasteiger charge is 2.68. The monoisotopic (exact) mass is 438 g/mol. The van der Waals surface area contributed by atoms with Crippen molar-refractivity contribution in [3.8, 4) is 5.75 Å². The Morgan fingerprint density at radius 1 is 1.28 bits per heavy atom. The van der Waals surface area contributed by atoms with Gasteiger partial charge in [-0.15, -0.1) is 6.58 Å². The van der Waals surface area contributed by atoms with Gasteiger partial charge in [0.1, 0.15) is 5.75 Å². The summed E-state index contributed by atoms with van der Waals surface area (Å²) in [4.78, 5) is 21.2. The van der Waals surface area contributed by atoms with Gasteiger partial charge in [0.25, 0.3) is 0 Å². The van der Waals surface area contributed by atoms with Crippen LogP contribution in [0.3, 0.4) is 0 Å². The smallest absolute Gasteiger partial charge is 0.232 e. The average molecular weight is 439 g/mol. The summed E-state index contributed by atoms with van der Waals surface area (Å²) in [6.45, 7) is 13.4. The number of likely N-dealkylation sites (tertiary alicyclic amines) is 1. The number of benzene rings is 1. The third-order valence-corrected chi connectivity index (χ3v) is 8.42. The van der Waals surface area contributed by atoms with Crippen LogP contribution in [-0.2, 0) is 9.53 Å². The Kier molecular flexibility index (Phi) is 6.23. The molecule has 0 aromatic heterocycles. The molecular formula is C27H38N2O3. The van der Waals surface area contributed by atoms with Crippen LogP contribution in [0.2, 0.25) is 0 Å². The minimum atomic E-state index is -0.711. The van der Waals surface area contributed by atoms with Gasteiger partial charge in [-0.3, -0.25) is 9.79 Å². The number of ether oxygens (including phenoxy) is 2. The molecule has 2 aliphatic heterocycles. The first kappa shape index (κ1) is 23.0. The SMILES string of the molecule is C=CC[C@]12C[C@@]3(O[C@H](C(CC)CC)N=C3C[C@H](c3ccc(OC)cc3)[C@H]1C)N(CC)C2=O. The number of fused-ring (bicyclic) bond motifs is 1. The molecule has 1 aromatic rings. The highest BCUT2D eigenvalue weighted by molar-refractivity contribution is 6.02. The first-order valence-electron chi connectivity index (χ1n) is 12.2. The molecule has 1 aromatic carbocycles. The summed E-state index contributed by atoms with van der Waals surface area (Å²) < 4.78 is 12.2. The van der Waals surface area contributed by atoms with Crippen molar-refractivity contribution in [1.29, 1.82) is 0 Å². The molecule has 5 heteroatoms. The van der Waals surface area contributed by atoms with Crippen LogP contribution in [0.5, 0.6) is 5.75 Å². The van der Waals surface area contributed by atoms with Crippen molar-refractivity contribution < 1.29 is 14.3 Å². The van der Waals surface area contributed by atoms with Crippen LogP contribution in [0.25, 0.3) is 0 Å². The maximum atomic E-state index is 14.0. The summed E-state index contributed by atoms with van der Waals surface area (Å²) in [7, 11) is 1.69. The fourth-order valence-corrected chi connectivity index (χ4v) is 6.43. The van der Waals surface area contributed by atoms with E-state index in [2.05, 4.69) is 46.4 Å². The van der Waals surface area contributed by atoms with Gasteiger partial charge in [-0.25, -0.2) is 0 Å². The Hall–Kier alpha value is -2.14. The maximum Gasteiger partial charge on any atom is 0.232 e. The second-order valence-electron chi connectivity index (χ2n) is 9.69. The molecule has 2 bridgehead atoms. The fourth-order valence-electron chi connectivity index (χ4n) is 6.43. The molecule has 5 nitrogen and oxygen atoms in total. The second-order valence-corrected chi connectivity index (χ2v) is 9.69. The Balaban J connectivity index is 1.85. The summed E-state index contributed by atoms with van der Waals surface area (Å²) in [5.41, 5.74) is 1.05. The van der Waals surface area contributed by atoms with Gasteiger partial charge >= 0.3 is 0 Å². The van der Waals surface area contributed by atoms with E-state index < -0.39 is 11.1 Å². The van der Waals surface area contributed by atoms with Crippen LogP contribution in [-0.4, -0.2) is 42.1 Å². The van der Waals surface area contributed by atoms with Gasteiger partial charge in [-0.05, 0) is 62.1 Å². The van der Waals surface area contributed by atoms with Crippen LogP contribution < -0.4 is 4.74 Å². The predicted molar refractivity (Wildman–Crippen MR) is 128 cm³/mol. The molecule has 1 saturated heterocycles. The number of hydrogen-bond donors (Lipinski definition) is 0. The van der Waals surface area contributed by atoms with E-state index in [0.29, 0.717) is 25.3 Å². The molecule has 174 valence electrons. The van der Waals surface area contributed by atoms with Crippen LogP contribution >= 0.6 is 0 Å². The Morgan fingerprint density at radius 3 is 2.53 bits per heavy atom. The van der Waals surface area contributed by atoms with Gasteiger partial charge < -0.3 is 14.4 Å². The Labute approximate surface area is 192 Å². The van der Waals surface area contributed by atoms with Crippen molar-refractivity contribution in [3.63, 3.8) is 0 Å². The molecule has 0 radical (unpaired) electrons. The summed E-state index contributed by atoms with van der Waals surface area (Å²) >= 11 is 0. The number of allylic oxidation sites excluding steroid dienone is 1. The van der Waals surface area contributed by atoms with Crippen molar-refractivity contribution in [3.05, 3.63) is 42.5 Å². The quantitative estimate of drug-likeness (QED) is 0.499. The van der Waals surface area contributed by atoms with E-state index in [-0.39, 0.29) is 24.0 Å². The fraction of sp³-hybridized carbons (Fsp3) is 0.630. The lowest BCUT2D eigenvalue weighted by atomic mass is 9.66. The molecule has 1 spiro atoms. The van der Waals surface area contributed by atoms with Gasteiger partial charge in [0.05, 0.1) is 18.2 Å². The van der Waals surface area contributed by atoms with Crippen molar-refractivity contribution in [2.24, 2.45) is 22.2 Å². The minimum Gasteiger partial charge on any atom is -0.497 e. The van der Waals surface area contributed by atoms with E-state index in [1.54, 1.807) is 7.11 Å². The van der Waals surface area contributed by atoms with E-state index in [4.69, 9.17) is 14.5 Å². The van der Waals surface area contributed by atoms with Crippen LogP contribution in [0.4, 0.5) is 0 Å². The van der Waals surface area contributed by atoms with Gasteiger partial charge in [0, 0.05) is 18.9 Å². The van der Waals surface area contributed by atoms with Gasteiger partial charge in [-0.2, -0.15) is 0 Å². The number of carbonyl (C=O) groups is 1. The normalized spacial score (nSPS) is 33.8. The molecule has 32 heavy (non-hydrogen) atoms. The van der Waals surface area contributed by atoms with Crippen LogP contribution in [0.15, 0.2) is 41.9 Å². The minimum absolute atomic E-state index is 0.137. The van der Waals surface area contributed by atoms with Crippen molar-refractivity contribution in [1.82, 2.24) is 4.90 Å². The number of carbonyl (C=O) groups excluding carboxylic acids is 1. The molecule has 1 saturated carbocycles. The lowest BCUT2D eigenvalue weighted by molar-refractivity contribution is -0.153. The first-order valence-corrected chi connectivity index (χ1v) is 12.2. The zero-order chi connectivity index (χ0) is 23.1.